The third-order valence-electron chi connectivity index (χ3n) is 4.35. The number of carbonyl (C=O) groups is 1. The third-order valence-corrected chi connectivity index (χ3v) is 4.35. The Morgan fingerprint density at radius 2 is 2.24 bits per heavy atom. The molecule has 1 atom stereocenters. The number of hydrogen-bond acceptors (Lipinski definition) is 4. The van der Waals surface area contributed by atoms with Gasteiger partial charge in [0, 0.05) is 12.1 Å². The van der Waals surface area contributed by atoms with Gasteiger partial charge in [-0.15, -0.1) is 0 Å². The van der Waals surface area contributed by atoms with E-state index in [-0.39, 0.29) is 12.5 Å². The summed E-state index contributed by atoms with van der Waals surface area (Å²) < 4.78 is 5.37. The van der Waals surface area contributed by atoms with Gasteiger partial charge in [-0.2, -0.15) is 0 Å². The Hall–Kier alpha value is -1.91. The van der Waals surface area contributed by atoms with Gasteiger partial charge in [-0.05, 0) is 30.7 Å². The number of anilines is 3. The van der Waals surface area contributed by atoms with Gasteiger partial charge in [0.25, 0.3) is 5.91 Å². The maximum absolute atomic E-state index is 11.4. The van der Waals surface area contributed by atoms with E-state index in [1.165, 1.54) is 12.8 Å². The zero-order chi connectivity index (χ0) is 15.0. The van der Waals surface area contributed by atoms with E-state index in [9.17, 15) is 4.79 Å². The predicted molar refractivity (Wildman–Crippen MR) is 84.6 cm³/mol. The van der Waals surface area contributed by atoms with E-state index >= 15 is 0 Å². The number of carbonyl (C=O) groups excluding carboxylic acids is 1. The molecule has 3 rings (SSSR count). The van der Waals surface area contributed by atoms with Gasteiger partial charge in [-0.25, -0.2) is 0 Å². The first-order valence-corrected chi connectivity index (χ1v) is 7.56. The van der Waals surface area contributed by atoms with Crippen LogP contribution in [0.3, 0.4) is 0 Å². The highest BCUT2D eigenvalue weighted by atomic mass is 16.5. The summed E-state index contributed by atoms with van der Waals surface area (Å²) in [7, 11) is 0. The molecule has 1 aromatic carbocycles. The molecule has 0 saturated heterocycles. The van der Waals surface area contributed by atoms with E-state index in [0.29, 0.717) is 28.6 Å². The lowest BCUT2D eigenvalue weighted by atomic mass is 9.75. The zero-order valence-corrected chi connectivity index (χ0v) is 12.7. The summed E-state index contributed by atoms with van der Waals surface area (Å²) in [6, 6.07) is 4.09. The summed E-state index contributed by atoms with van der Waals surface area (Å²) in [6.07, 6.45) is 4.79. The van der Waals surface area contributed by atoms with Crippen LogP contribution in [0.1, 0.15) is 39.5 Å². The Labute approximate surface area is 125 Å². The minimum absolute atomic E-state index is 0.0516. The summed E-state index contributed by atoms with van der Waals surface area (Å²) in [5, 5.41) is 6.36. The van der Waals surface area contributed by atoms with Gasteiger partial charge < -0.3 is 21.1 Å². The highest BCUT2D eigenvalue weighted by Gasteiger charge is 2.28. The second-order valence-corrected chi connectivity index (χ2v) is 6.87. The molecule has 0 bridgehead atoms. The van der Waals surface area contributed by atoms with E-state index in [1.54, 1.807) is 6.07 Å². The Morgan fingerprint density at radius 3 is 3.00 bits per heavy atom. The molecule has 5 heteroatoms. The smallest absolute Gasteiger partial charge is 0.262 e. The van der Waals surface area contributed by atoms with Crippen molar-refractivity contribution in [1.82, 2.24) is 0 Å². The van der Waals surface area contributed by atoms with E-state index in [4.69, 9.17) is 10.5 Å². The lowest BCUT2D eigenvalue weighted by molar-refractivity contribution is -0.118. The monoisotopic (exact) mass is 289 g/mol. The van der Waals surface area contributed by atoms with Crippen LogP contribution in [0.25, 0.3) is 0 Å². The minimum Gasteiger partial charge on any atom is -0.482 e. The van der Waals surface area contributed by atoms with Crippen molar-refractivity contribution in [1.29, 1.82) is 0 Å². The number of benzene rings is 1. The number of ether oxygens (including phenoxy) is 1. The van der Waals surface area contributed by atoms with Crippen LogP contribution in [-0.4, -0.2) is 18.6 Å². The van der Waals surface area contributed by atoms with Crippen LogP contribution < -0.4 is 21.1 Å². The molecular formula is C16H23N3O2. The van der Waals surface area contributed by atoms with Crippen molar-refractivity contribution in [3.8, 4) is 5.75 Å². The molecule has 1 aromatic rings. The molecule has 1 saturated carbocycles. The first-order chi connectivity index (χ1) is 9.93. The average Bonchev–Trinajstić information content (AvgIpc) is 2.39. The first kappa shape index (κ1) is 14.0. The highest BCUT2D eigenvalue weighted by Crippen LogP contribution is 2.39. The van der Waals surface area contributed by atoms with Gasteiger partial charge in [0.1, 0.15) is 5.75 Å². The van der Waals surface area contributed by atoms with Gasteiger partial charge in [0.15, 0.2) is 6.61 Å². The van der Waals surface area contributed by atoms with Gasteiger partial charge in [0.2, 0.25) is 0 Å². The number of nitrogens with two attached hydrogens (primary N) is 1. The molecule has 21 heavy (non-hydrogen) atoms. The molecule has 4 N–H and O–H groups in total. The van der Waals surface area contributed by atoms with E-state index in [0.717, 1.165) is 18.5 Å². The molecule has 1 aliphatic heterocycles. The second kappa shape index (κ2) is 5.13. The lowest BCUT2D eigenvalue weighted by Crippen LogP contribution is -2.32. The first-order valence-electron chi connectivity index (χ1n) is 7.56. The maximum atomic E-state index is 11.4. The van der Waals surface area contributed by atoms with E-state index in [1.807, 2.05) is 6.07 Å². The van der Waals surface area contributed by atoms with Gasteiger partial charge >= 0.3 is 0 Å². The number of fused-ring (bicyclic) bond motifs is 1. The topological polar surface area (TPSA) is 76.4 Å². The van der Waals surface area contributed by atoms with Crippen LogP contribution >= 0.6 is 0 Å². The van der Waals surface area contributed by atoms with Crippen LogP contribution in [0, 0.1) is 5.41 Å². The summed E-state index contributed by atoms with van der Waals surface area (Å²) in [5.74, 6) is 0.513. The highest BCUT2D eigenvalue weighted by molar-refractivity contribution is 5.97. The van der Waals surface area contributed by atoms with Gasteiger partial charge in [-0.3, -0.25) is 4.79 Å². The normalized spacial score (nSPS) is 23.7. The fourth-order valence-electron chi connectivity index (χ4n) is 3.31. The molecule has 0 aromatic heterocycles. The quantitative estimate of drug-likeness (QED) is 0.732. The van der Waals surface area contributed by atoms with Crippen molar-refractivity contribution in [2.45, 2.75) is 45.6 Å². The Kier molecular flexibility index (Phi) is 3.43. The van der Waals surface area contributed by atoms with Crippen molar-refractivity contribution in [2.24, 2.45) is 5.41 Å². The second-order valence-electron chi connectivity index (χ2n) is 6.87. The molecular weight excluding hydrogens is 266 g/mol. The molecule has 1 fully saturated rings. The number of rotatable bonds is 2. The van der Waals surface area contributed by atoms with Gasteiger partial charge in [0.05, 0.1) is 17.1 Å². The molecule has 0 radical (unpaired) electrons. The van der Waals surface area contributed by atoms with Crippen LogP contribution in [-0.2, 0) is 4.79 Å². The molecule has 1 unspecified atom stereocenters. The standard InChI is InChI=1S/C16H23N3O2/c1-16(2)5-3-4-10(8-16)18-12-7-13-14(6-11(12)17)21-9-15(20)19-13/h6-7,10,18H,3-5,8-9,17H2,1-2H3,(H,19,20). The average molecular weight is 289 g/mol. The molecule has 0 spiro atoms. The van der Waals surface area contributed by atoms with E-state index < -0.39 is 0 Å². The fraction of sp³-hybridized carbons (Fsp3) is 0.562. The van der Waals surface area contributed by atoms with Crippen molar-refractivity contribution >= 4 is 23.0 Å². The Balaban J connectivity index is 1.79. The molecule has 5 nitrogen and oxygen atoms in total. The van der Waals surface area contributed by atoms with Gasteiger partial charge in [-0.1, -0.05) is 20.3 Å². The maximum Gasteiger partial charge on any atom is 0.262 e. The Morgan fingerprint density at radius 1 is 1.43 bits per heavy atom. The summed E-state index contributed by atoms with van der Waals surface area (Å²) in [5.41, 5.74) is 8.71. The zero-order valence-electron chi connectivity index (χ0n) is 12.7. The summed E-state index contributed by atoms with van der Waals surface area (Å²) >= 11 is 0. The fourth-order valence-corrected chi connectivity index (χ4v) is 3.31. The number of amides is 1. The van der Waals surface area contributed by atoms with Crippen LogP contribution in [0.15, 0.2) is 12.1 Å². The largest absolute Gasteiger partial charge is 0.482 e. The Bertz CT molecular complexity index is 569. The number of hydrogen-bond donors (Lipinski definition) is 3. The van der Waals surface area contributed by atoms with Crippen molar-refractivity contribution in [3.63, 3.8) is 0 Å². The minimum atomic E-state index is -0.128. The number of nitrogens with one attached hydrogen (secondary N) is 2. The van der Waals surface area contributed by atoms with Crippen LogP contribution in [0.5, 0.6) is 5.75 Å². The predicted octanol–water partition coefficient (Wildman–Crippen LogP) is 2.98. The summed E-state index contributed by atoms with van der Waals surface area (Å²) in [4.78, 5) is 11.4. The van der Waals surface area contributed by atoms with Crippen LogP contribution in [0.4, 0.5) is 17.1 Å². The molecule has 1 aliphatic carbocycles. The SMILES string of the molecule is CC1(C)CCCC(Nc2cc3c(cc2N)OCC(=O)N3)C1. The van der Waals surface area contributed by atoms with Crippen molar-refractivity contribution < 1.29 is 9.53 Å². The van der Waals surface area contributed by atoms with E-state index in [2.05, 4.69) is 24.5 Å². The van der Waals surface area contributed by atoms with Crippen LogP contribution in [0.2, 0.25) is 0 Å². The molecule has 2 aliphatic rings. The van der Waals surface area contributed by atoms with Crippen molar-refractivity contribution in [3.05, 3.63) is 12.1 Å². The molecule has 114 valence electrons. The molecule has 1 amide bonds. The lowest BCUT2D eigenvalue weighted by Gasteiger charge is -2.36. The third kappa shape index (κ3) is 3.06. The summed E-state index contributed by atoms with van der Waals surface area (Å²) in [6.45, 7) is 4.67. The number of nitrogen functional groups attached to an aromatic ring is 1. The van der Waals surface area contributed by atoms with Crippen molar-refractivity contribution in [2.75, 3.05) is 23.0 Å². The molecule has 1 heterocycles.